The molecule has 0 aliphatic carbocycles. The van der Waals surface area contributed by atoms with Gasteiger partial charge in [-0.3, -0.25) is 5.43 Å². The molecule has 0 heterocycles. The van der Waals surface area contributed by atoms with E-state index in [0.29, 0.717) is 15.9 Å². The van der Waals surface area contributed by atoms with E-state index in [9.17, 15) is 0 Å². The number of rotatable bonds is 5. The van der Waals surface area contributed by atoms with Crippen LogP contribution in [-0.4, -0.2) is 17.4 Å². The summed E-state index contributed by atoms with van der Waals surface area (Å²) in [5.74, 6) is 0.660. The molecular weight excluding hydrogens is 330 g/mol. The number of anilines is 1. The van der Waals surface area contributed by atoms with Gasteiger partial charge in [0, 0.05) is 5.69 Å². The number of benzene rings is 2. The van der Waals surface area contributed by atoms with Crippen LogP contribution in [-0.2, 0) is 0 Å². The predicted molar refractivity (Wildman–Crippen MR) is 101 cm³/mol. The lowest BCUT2D eigenvalue weighted by atomic mass is 10.2. The highest BCUT2D eigenvalue weighted by atomic mass is 35.5. The summed E-state index contributed by atoms with van der Waals surface area (Å²) >= 11 is 11.3. The molecule has 0 unspecified atom stereocenters. The Kier molecular flexibility index (Phi) is 6.38. The molecule has 0 amide bonds. The molecule has 0 bridgehead atoms. The Morgan fingerprint density at radius 2 is 1.96 bits per heavy atom. The fourth-order valence-electron chi connectivity index (χ4n) is 1.79. The molecule has 120 valence electrons. The summed E-state index contributed by atoms with van der Waals surface area (Å²) in [6.45, 7) is 3.91. The zero-order valence-electron chi connectivity index (χ0n) is 12.9. The zero-order valence-corrected chi connectivity index (χ0v) is 14.5. The van der Waals surface area contributed by atoms with Crippen molar-refractivity contribution in [1.82, 2.24) is 5.43 Å². The highest BCUT2D eigenvalue weighted by molar-refractivity contribution is 7.80. The SMILES string of the molecule is CC(C)Oc1ccc(/C=N/NC(=S)Nc2ccccc2)cc1Cl. The third-order valence-corrected chi connectivity index (χ3v) is 3.22. The third kappa shape index (κ3) is 5.88. The van der Waals surface area contributed by atoms with E-state index in [2.05, 4.69) is 15.8 Å². The smallest absolute Gasteiger partial charge is 0.191 e. The number of nitrogens with zero attached hydrogens (tertiary/aromatic N) is 1. The molecular formula is C17H18ClN3OS. The van der Waals surface area contributed by atoms with Crippen molar-refractivity contribution >= 4 is 40.8 Å². The molecule has 6 heteroatoms. The van der Waals surface area contributed by atoms with Crippen LogP contribution in [0.3, 0.4) is 0 Å². The topological polar surface area (TPSA) is 45.6 Å². The number of hydrogen-bond donors (Lipinski definition) is 2. The van der Waals surface area contributed by atoms with Gasteiger partial charge in [-0.15, -0.1) is 0 Å². The van der Waals surface area contributed by atoms with Gasteiger partial charge in [0.15, 0.2) is 5.11 Å². The fourth-order valence-corrected chi connectivity index (χ4v) is 2.20. The lowest BCUT2D eigenvalue weighted by Gasteiger charge is -2.11. The van der Waals surface area contributed by atoms with Crippen LogP contribution in [0.5, 0.6) is 5.75 Å². The maximum Gasteiger partial charge on any atom is 0.191 e. The largest absolute Gasteiger partial charge is 0.489 e. The van der Waals surface area contributed by atoms with Crippen molar-refractivity contribution in [2.75, 3.05) is 5.32 Å². The van der Waals surface area contributed by atoms with E-state index in [0.717, 1.165) is 11.3 Å². The number of para-hydroxylation sites is 1. The van der Waals surface area contributed by atoms with Gasteiger partial charge in [0.05, 0.1) is 17.3 Å². The van der Waals surface area contributed by atoms with Crippen molar-refractivity contribution in [2.45, 2.75) is 20.0 Å². The van der Waals surface area contributed by atoms with Crippen LogP contribution >= 0.6 is 23.8 Å². The van der Waals surface area contributed by atoms with Crippen LogP contribution in [0.15, 0.2) is 53.6 Å². The molecule has 0 aliphatic rings. The average Bonchev–Trinajstić information content (AvgIpc) is 2.50. The van der Waals surface area contributed by atoms with Crippen molar-refractivity contribution in [3.8, 4) is 5.75 Å². The first-order chi connectivity index (χ1) is 11.0. The first-order valence-corrected chi connectivity index (χ1v) is 7.94. The molecule has 23 heavy (non-hydrogen) atoms. The van der Waals surface area contributed by atoms with E-state index < -0.39 is 0 Å². The summed E-state index contributed by atoms with van der Waals surface area (Å²) in [6, 6.07) is 15.1. The molecule has 0 saturated carbocycles. The second-order valence-corrected chi connectivity index (χ2v) is 5.86. The van der Waals surface area contributed by atoms with E-state index in [1.54, 1.807) is 12.3 Å². The number of halogens is 1. The summed E-state index contributed by atoms with van der Waals surface area (Å²) in [5, 5.41) is 8.09. The third-order valence-electron chi connectivity index (χ3n) is 2.73. The van der Waals surface area contributed by atoms with Crippen LogP contribution in [0.2, 0.25) is 5.02 Å². The van der Waals surface area contributed by atoms with Gasteiger partial charge in [-0.1, -0.05) is 29.8 Å². The van der Waals surface area contributed by atoms with Gasteiger partial charge in [-0.25, -0.2) is 0 Å². The standard InChI is InChI=1S/C17H18ClN3OS/c1-12(2)22-16-9-8-13(10-15(16)18)11-19-21-17(23)20-14-6-4-3-5-7-14/h3-12H,1-2H3,(H2,20,21,23)/b19-11+. The van der Waals surface area contributed by atoms with E-state index in [-0.39, 0.29) is 6.10 Å². The van der Waals surface area contributed by atoms with Crippen molar-refractivity contribution in [3.05, 3.63) is 59.1 Å². The molecule has 0 fully saturated rings. The molecule has 0 saturated heterocycles. The Hall–Kier alpha value is -2.11. The Balaban J connectivity index is 1.90. The van der Waals surface area contributed by atoms with Crippen LogP contribution in [0.1, 0.15) is 19.4 Å². The molecule has 0 spiro atoms. The highest BCUT2D eigenvalue weighted by Gasteiger charge is 2.04. The van der Waals surface area contributed by atoms with E-state index >= 15 is 0 Å². The lowest BCUT2D eigenvalue weighted by molar-refractivity contribution is 0.242. The molecule has 0 atom stereocenters. The Bertz CT molecular complexity index is 689. The number of nitrogens with one attached hydrogen (secondary N) is 2. The van der Waals surface area contributed by atoms with Gasteiger partial charge in [0.1, 0.15) is 5.75 Å². The fraction of sp³-hybridized carbons (Fsp3) is 0.176. The van der Waals surface area contributed by atoms with Gasteiger partial charge in [-0.05, 0) is 62.0 Å². The molecule has 2 rings (SSSR count). The Morgan fingerprint density at radius 3 is 2.61 bits per heavy atom. The lowest BCUT2D eigenvalue weighted by Crippen LogP contribution is -2.23. The molecule has 2 aromatic carbocycles. The maximum atomic E-state index is 6.18. The normalized spacial score (nSPS) is 10.8. The molecule has 0 aliphatic heterocycles. The van der Waals surface area contributed by atoms with Crippen molar-refractivity contribution in [1.29, 1.82) is 0 Å². The van der Waals surface area contributed by atoms with Crippen molar-refractivity contribution < 1.29 is 4.74 Å². The number of thiocarbonyl (C=S) groups is 1. The second kappa shape index (κ2) is 8.50. The first-order valence-electron chi connectivity index (χ1n) is 7.16. The van der Waals surface area contributed by atoms with Crippen LogP contribution in [0.4, 0.5) is 5.69 Å². The summed E-state index contributed by atoms with van der Waals surface area (Å²) in [4.78, 5) is 0. The summed E-state index contributed by atoms with van der Waals surface area (Å²) in [6.07, 6.45) is 1.72. The molecule has 0 aromatic heterocycles. The maximum absolute atomic E-state index is 6.18. The Morgan fingerprint density at radius 1 is 1.22 bits per heavy atom. The minimum Gasteiger partial charge on any atom is -0.489 e. The van der Waals surface area contributed by atoms with Crippen LogP contribution in [0, 0.1) is 0 Å². The first kappa shape index (κ1) is 17.2. The molecule has 0 radical (unpaired) electrons. The van der Waals surface area contributed by atoms with Crippen LogP contribution in [0.25, 0.3) is 0 Å². The predicted octanol–water partition coefficient (Wildman–Crippen LogP) is 4.45. The molecule has 2 aromatic rings. The van der Waals surface area contributed by atoms with Crippen molar-refractivity contribution in [3.63, 3.8) is 0 Å². The second-order valence-electron chi connectivity index (χ2n) is 5.05. The highest BCUT2D eigenvalue weighted by Crippen LogP contribution is 2.25. The van der Waals surface area contributed by atoms with Gasteiger partial charge < -0.3 is 10.1 Å². The number of hydrazone groups is 1. The summed E-state index contributed by atoms with van der Waals surface area (Å²) in [5.41, 5.74) is 4.51. The van der Waals surface area contributed by atoms with Gasteiger partial charge in [0.2, 0.25) is 0 Å². The van der Waals surface area contributed by atoms with Gasteiger partial charge in [0.25, 0.3) is 0 Å². The quantitative estimate of drug-likeness (QED) is 0.476. The molecule has 2 N–H and O–H groups in total. The number of ether oxygens (including phenoxy) is 1. The van der Waals surface area contributed by atoms with E-state index in [1.165, 1.54) is 0 Å². The minimum atomic E-state index is 0.0788. The summed E-state index contributed by atoms with van der Waals surface area (Å²) in [7, 11) is 0. The minimum absolute atomic E-state index is 0.0788. The molecule has 4 nitrogen and oxygen atoms in total. The number of hydrogen-bond acceptors (Lipinski definition) is 3. The zero-order chi connectivity index (χ0) is 16.7. The van der Waals surface area contributed by atoms with Crippen molar-refractivity contribution in [2.24, 2.45) is 5.10 Å². The van der Waals surface area contributed by atoms with E-state index in [1.807, 2.05) is 56.3 Å². The Labute approximate surface area is 146 Å². The van der Waals surface area contributed by atoms with Crippen LogP contribution < -0.4 is 15.5 Å². The van der Waals surface area contributed by atoms with Gasteiger partial charge in [-0.2, -0.15) is 5.10 Å². The monoisotopic (exact) mass is 347 g/mol. The summed E-state index contributed by atoms with van der Waals surface area (Å²) < 4.78 is 5.59. The van der Waals surface area contributed by atoms with Gasteiger partial charge >= 0.3 is 0 Å². The average molecular weight is 348 g/mol. The van der Waals surface area contributed by atoms with E-state index in [4.69, 9.17) is 28.6 Å².